The van der Waals surface area contributed by atoms with E-state index in [9.17, 15) is 8.42 Å². The minimum absolute atomic E-state index is 0.112. The second-order valence-electron chi connectivity index (χ2n) is 6.69. The predicted molar refractivity (Wildman–Crippen MR) is 107 cm³/mol. The summed E-state index contributed by atoms with van der Waals surface area (Å²) in [6.45, 7) is 5.41. The lowest BCUT2D eigenvalue weighted by atomic mass is 10.1. The molecule has 2 aromatic rings. The van der Waals surface area contributed by atoms with E-state index in [2.05, 4.69) is 33.1 Å². The lowest BCUT2D eigenvalue weighted by molar-refractivity contribution is 0.568. The molecule has 0 spiro atoms. The van der Waals surface area contributed by atoms with Crippen LogP contribution in [0.5, 0.6) is 0 Å². The highest BCUT2D eigenvalue weighted by atomic mass is 32.2. The quantitative estimate of drug-likeness (QED) is 0.691. The number of para-hydroxylation sites is 1. The fourth-order valence-corrected chi connectivity index (χ4v) is 3.90. The number of anilines is 1. The number of hydrogen-bond donors (Lipinski definition) is 2. The molecular formula is C19H28N4O2S. The molecule has 26 heavy (non-hydrogen) atoms. The molecule has 1 fully saturated rings. The number of piperidine rings is 1. The number of fused-ring (bicyclic) bond motifs is 1. The number of aromatic nitrogens is 1. The largest absolute Gasteiger partial charge is 0.356 e. The van der Waals surface area contributed by atoms with Crippen molar-refractivity contribution in [1.82, 2.24) is 15.0 Å². The topological polar surface area (TPSA) is 74.3 Å². The van der Waals surface area contributed by atoms with E-state index in [1.54, 1.807) is 6.92 Å². The smallest absolute Gasteiger partial charge is 0.211 e. The number of hydrogen-bond acceptors (Lipinski definition) is 5. The van der Waals surface area contributed by atoms with Gasteiger partial charge in [0.1, 0.15) is 5.82 Å². The maximum Gasteiger partial charge on any atom is 0.211 e. The van der Waals surface area contributed by atoms with Crippen LogP contribution in [0.25, 0.3) is 10.9 Å². The summed E-state index contributed by atoms with van der Waals surface area (Å²) in [7, 11) is -3.13. The highest BCUT2D eigenvalue weighted by molar-refractivity contribution is 7.89. The minimum Gasteiger partial charge on any atom is -0.356 e. The summed E-state index contributed by atoms with van der Waals surface area (Å²) in [4.78, 5) is 7.31. The summed E-state index contributed by atoms with van der Waals surface area (Å²) in [5.41, 5.74) is 2.19. The van der Waals surface area contributed by atoms with Crippen molar-refractivity contribution in [3.8, 4) is 0 Å². The van der Waals surface area contributed by atoms with E-state index in [1.807, 2.05) is 12.1 Å². The van der Waals surface area contributed by atoms with Crippen LogP contribution in [0.1, 0.15) is 31.7 Å². The molecule has 1 aliphatic rings. The summed E-state index contributed by atoms with van der Waals surface area (Å²) in [5, 5.41) is 4.48. The van der Waals surface area contributed by atoms with E-state index in [0.29, 0.717) is 19.6 Å². The third-order valence-electron chi connectivity index (χ3n) is 4.75. The van der Waals surface area contributed by atoms with E-state index in [1.165, 1.54) is 24.8 Å². The Morgan fingerprint density at radius 3 is 2.65 bits per heavy atom. The third-order valence-corrected chi connectivity index (χ3v) is 6.16. The van der Waals surface area contributed by atoms with Gasteiger partial charge in [0.05, 0.1) is 11.3 Å². The van der Waals surface area contributed by atoms with E-state index in [0.717, 1.165) is 29.8 Å². The van der Waals surface area contributed by atoms with Crippen LogP contribution in [0.15, 0.2) is 30.3 Å². The average Bonchev–Trinajstić information content (AvgIpc) is 2.67. The first kappa shape index (κ1) is 19.1. The summed E-state index contributed by atoms with van der Waals surface area (Å²) in [5.74, 6) is 1.17. The molecule has 1 aliphatic heterocycles. The van der Waals surface area contributed by atoms with Crippen LogP contribution in [-0.2, 0) is 16.6 Å². The molecule has 2 heterocycles. The average molecular weight is 377 g/mol. The summed E-state index contributed by atoms with van der Waals surface area (Å²) >= 11 is 0. The molecule has 1 aromatic carbocycles. The van der Waals surface area contributed by atoms with Crippen LogP contribution in [0.2, 0.25) is 0 Å². The second kappa shape index (κ2) is 8.79. The van der Waals surface area contributed by atoms with Crippen molar-refractivity contribution in [2.75, 3.05) is 36.8 Å². The molecule has 1 aromatic heterocycles. The molecule has 2 N–H and O–H groups in total. The Hall–Kier alpha value is -1.70. The standard InChI is InChI=1S/C19H28N4O2S/c1-2-26(24,25)21-11-10-20-15-17-14-16-8-4-5-9-18(16)22-19(17)23-12-6-3-7-13-23/h4-5,8-9,14,20-21H,2-3,6-7,10-13,15H2,1H3. The Labute approximate surface area is 156 Å². The van der Waals surface area contributed by atoms with E-state index in [-0.39, 0.29) is 5.75 Å². The Kier molecular flexibility index (Phi) is 6.45. The van der Waals surface area contributed by atoms with Crippen molar-refractivity contribution in [1.29, 1.82) is 0 Å². The Bertz CT molecular complexity index is 833. The fourth-order valence-electron chi connectivity index (χ4n) is 3.28. The number of sulfonamides is 1. The van der Waals surface area contributed by atoms with E-state index >= 15 is 0 Å². The maximum atomic E-state index is 11.5. The van der Waals surface area contributed by atoms with Gasteiger partial charge in [-0.3, -0.25) is 0 Å². The second-order valence-corrected chi connectivity index (χ2v) is 8.78. The van der Waals surface area contributed by atoms with Crippen molar-refractivity contribution in [3.05, 3.63) is 35.9 Å². The molecule has 0 unspecified atom stereocenters. The van der Waals surface area contributed by atoms with Gasteiger partial charge >= 0.3 is 0 Å². The van der Waals surface area contributed by atoms with Crippen LogP contribution >= 0.6 is 0 Å². The zero-order valence-corrected chi connectivity index (χ0v) is 16.2. The van der Waals surface area contributed by atoms with Crippen molar-refractivity contribution in [3.63, 3.8) is 0 Å². The Balaban J connectivity index is 1.71. The van der Waals surface area contributed by atoms with Gasteiger partial charge in [-0.15, -0.1) is 0 Å². The van der Waals surface area contributed by atoms with E-state index in [4.69, 9.17) is 4.98 Å². The van der Waals surface area contributed by atoms with Gasteiger partial charge in [0.25, 0.3) is 0 Å². The highest BCUT2D eigenvalue weighted by Crippen LogP contribution is 2.26. The summed E-state index contributed by atoms with van der Waals surface area (Å²) < 4.78 is 25.6. The molecule has 0 saturated carbocycles. The first-order valence-corrected chi connectivity index (χ1v) is 11.1. The first-order chi connectivity index (χ1) is 12.6. The Morgan fingerprint density at radius 2 is 1.88 bits per heavy atom. The van der Waals surface area contributed by atoms with Crippen molar-refractivity contribution >= 4 is 26.7 Å². The lowest BCUT2D eigenvalue weighted by Crippen LogP contribution is -2.34. The van der Waals surface area contributed by atoms with Gasteiger partial charge in [-0.05, 0) is 38.3 Å². The summed E-state index contributed by atoms with van der Waals surface area (Å²) in [6.07, 6.45) is 3.70. The fraction of sp³-hybridized carbons (Fsp3) is 0.526. The molecule has 0 radical (unpaired) electrons. The molecule has 0 aliphatic carbocycles. The molecule has 0 amide bonds. The van der Waals surface area contributed by atoms with Gasteiger partial charge in [0.2, 0.25) is 10.0 Å². The molecule has 0 bridgehead atoms. The Morgan fingerprint density at radius 1 is 1.12 bits per heavy atom. The summed E-state index contributed by atoms with van der Waals surface area (Å²) in [6, 6.07) is 10.4. The number of rotatable bonds is 8. The molecule has 6 nitrogen and oxygen atoms in total. The number of nitrogens with one attached hydrogen (secondary N) is 2. The number of nitrogens with zero attached hydrogens (tertiary/aromatic N) is 2. The van der Waals surface area contributed by atoms with Gasteiger partial charge in [-0.25, -0.2) is 18.1 Å². The van der Waals surface area contributed by atoms with Gasteiger partial charge in [0.15, 0.2) is 0 Å². The third kappa shape index (κ3) is 4.93. The zero-order valence-electron chi connectivity index (χ0n) is 15.4. The van der Waals surface area contributed by atoms with Crippen LogP contribution in [0, 0.1) is 0 Å². The van der Waals surface area contributed by atoms with Gasteiger partial charge in [-0.2, -0.15) is 0 Å². The normalized spacial score (nSPS) is 15.5. The number of benzene rings is 1. The van der Waals surface area contributed by atoms with Gasteiger partial charge in [-0.1, -0.05) is 18.2 Å². The maximum absolute atomic E-state index is 11.5. The highest BCUT2D eigenvalue weighted by Gasteiger charge is 2.17. The minimum atomic E-state index is -3.13. The van der Waals surface area contributed by atoms with Crippen LogP contribution in [0.3, 0.4) is 0 Å². The number of pyridine rings is 1. The SMILES string of the molecule is CCS(=O)(=O)NCCNCc1cc2ccccc2nc1N1CCCCC1. The molecule has 1 saturated heterocycles. The first-order valence-electron chi connectivity index (χ1n) is 9.41. The van der Waals surface area contributed by atoms with Crippen LogP contribution in [0.4, 0.5) is 5.82 Å². The van der Waals surface area contributed by atoms with Crippen LogP contribution in [-0.4, -0.2) is 45.3 Å². The lowest BCUT2D eigenvalue weighted by Gasteiger charge is -2.30. The zero-order chi connectivity index (χ0) is 18.4. The van der Waals surface area contributed by atoms with Gasteiger partial charge < -0.3 is 10.2 Å². The molecular weight excluding hydrogens is 348 g/mol. The monoisotopic (exact) mass is 376 g/mol. The van der Waals surface area contributed by atoms with Gasteiger partial charge in [0, 0.05) is 43.7 Å². The van der Waals surface area contributed by atoms with E-state index < -0.39 is 10.0 Å². The molecule has 7 heteroatoms. The predicted octanol–water partition coefficient (Wildman–Crippen LogP) is 2.25. The molecule has 142 valence electrons. The molecule has 0 atom stereocenters. The van der Waals surface area contributed by atoms with Crippen LogP contribution < -0.4 is 14.9 Å². The van der Waals surface area contributed by atoms with Crippen molar-refractivity contribution < 1.29 is 8.42 Å². The van der Waals surface area contributed by atoms with Crippen molar-refractivity contribution in [2.45, 2.75) is 32.7 Å². The van der Waals surface area contributed by atoms with Crippen molar-refractivity contribution in [2.24, 2.45) is 0 Å². The molecule has 3 rings (SSSR count).